The van der Waals surface area contributed by atoms with Crippen molar-refractivity contribution in [3.05, 3.63) is 29.8 Å². The van der Waals surface area contributed by atoms with Gasteiger partial charge < -0.3 is 11.1 Å². The van der Waals surface area contributed by atoms with Gasteiger partial charge in [-0.1, -0.05) is 31.5 Å². The Morgan fingerprint density at radius 3 is 2.76 bits per heavy atom. The Morgan fingerprint density at radius 2 is 2.12 bits per heavy atom. The molecule has 1 atom stereocenters. The topological polar surface area (TPSA) is 55.1 Å². The van der Waals surface area contributed by atoms with Gasteiger partial charge in [-0.25, -0.2) is 0 Å². The summed E-state index contributed by atoms with van der Waals surface area (Å²) in [6, 6.07) is 8.04. The van der Waals surface area contributed by atoms with Gasteiger partial charge in [-0.05, 0) is 31.4 Å². The molecule has 0 heterocycles. The Hall–Kier alpha value is -1.35. The molecule has 1 rings (SSSR count). The third-order valence-corrected chi connectivity index (χ3v) is 2.64. The Morgan fingerprint density at radius 1 is 1.41 bits per heavy atom. The fraction of sp³-hybridized carbons (Fsp3) is 0.500. The van der Waals surface area contributed by atoms with E-state index in [1.54, 1.807) is 0 Å². The summed E-state index contributed by atoms with van der Waals surface area (Å²) in [5.74, 6) is 0.0471. The van der Waals surface area contributed by atoms with E-state index in [1.165, 1.54) is 5.56 Å². The smallest absolute Gasteiger partial charge is 0.224 e. The highest BCUT2D eigenvalue weighted by atomic mass is 16.1. The normalized spacial score (nSPS) is 12.2. The average Bonchev–Trinajstić information content (AvgIpc) is 2.29. The molecule has 3 nitrogen and oxygen atoms in total. The van der Waals surface area contributed by atoms with E-state index in [1.807, 2.05) is 25.1 Å². The number of anilines is 1. The number of amides is 1. The summed E-state index contributed by atoms with van der Waals surface area (Å²) >= 11 is 0. The third-order valence-electron chi connectivity index (χ3n) is 2.64. The molecular formula is C14H22N2O. The molecule has 0 saturated heterocycles. The van der Waals surface area contributed by atoms with Crippen LogP contribution in [0.2, 0.25) is 0 Å². The van der Waals surface area contributed by atoms with Gasteiger partial charge in [0, 0.05) is 18.2 Å². The molecule has 0 radical (unpaired) electrons. The summed E-state index contributed by atoms with van der Waals surface area (Å²) in [7, 11) is 0. The lowest BCUT2D eigenvalue weighted by molar-refractivity contribution is -0.116. The van der Waals surface area contributed by atoms with E-state index < -0.39 is 0 Å². The van der Waals surface area contributed by atoms with Crippen molar-refractivity contribution in [2.75, 3.05) is 5.32 Å². The Kier molecular flexibility index (Phi) is 5.70. The van der Waals surface area contributed by atoms with Gasteiger partial charge in [0.1, 0.15) is 0 Å². The van der Waals surface area contributed by atoms with Crippen LogP contribution in [-0.4, -0.2) is 11.9 Å². The molecule has 0 aliphatic carbocycles. The van der Waals surface area contributed by atoms with Gasteiger partial charge in [0.2, 0.25) is 5.91 Å². The number of hydrogen-bond donors (Lipinski definition) is 2. The number of carbonyl (C=O) groups excluding carboxylic acids is 1. The summed E-state index contributed by atoms with van der Waals surface area (Å²) in [4.78, 5) is 11.7. The zero-order chi connectivity index (χ0) is 12.7. The second-order valence-electron chi connectivity index (χ2n) is 4.47. The quantitative estimate of drug-likeness (QED) is 0.795. The predicted molar refractivity (Wildman–Crippen MR) is 72.0 cm³/mol. The number of hydrogen-bond acceptors (Lipinski definition) is 2. The van der Waals surface area contributed by atoms with Crippen LogP contribution in [0.1, 0.15) is 38.7 Å². The first-order chi connectivity index (χ1) is 8.13. The number of nitrogens with two attached hydrogens (primary N) is 1. The first-order valence-corrected chi connectivity index (χ1v) is 6.26. The number of carbonyl (C=O) groups is 1. The maximum Gasteiger partial charge on any atom is 0.224 e. The van der Waals surface area contributed by atoms with E-state index in [0.717, 1.165) is 24.9 Å². The number of rotatable bonds is 6. The van der Waals surface area contributed by atoms with E-state index in [2.05, 4.69) is 18.3 Å². The van der Waals surface area contributed by atoms with Crippen LogP contribution in [0.3, 0.4) is 0 Å². The molecule has 0 aromatic heterocycles. The highest BCUT2D eigenvalue weighted by molar-refractivity contribution is 5.91. The Bertz CT molecular complexity index is 361. The minimum Gasteiger partial charge on any atom is -0.328 e. The molecule has 17 heavy (non-hydrogen) atoms. The van der Waals surface area contributed by atoms with Crippen LogP contribution in [0.5, 0.6) is 0 Å². The minimum atomic E-state index is 0.0471. The number of benzene rings is 1. The Labute approximate surface area is 103 Å². The molecular weight excluding hydrogens is 212 g/mol. The maximum atomic E-state index is 11.7. The SMILES string of the molecule is CCCc1ccccc1NC(=O)CCC(C)N. The van der Waals surface area contributed by atoms with Crippen molar-refractivity contribution in [1.82, 2.24) is 0 Å². The molecule has 0 spiro atoms. The molecule has 0 saturated carbocycles. The van der Waals surface area contributed by atoms with Crippen molar-refractivity contribution in [3.8, 4) is 0 Å². The van der Waals surface area contributed by atoms with Crippen molar-refractivity contribution in [3.63, 3.8) is 0 Å². The van der Waals surface area contributed by atoms with E-state index >= 15 is 0 Å². The second-order valence-corrected chi connectivity index (χ2v) is 4.47. The molecule has 94 valence electrons. The molecule has 0 aliphatic rings. The average molecular weight is 234 g/mol. The van der Waals surface area contributed by atoms with Crippen molar-refractivity contribution in [2.45, 2.75) is 45.6 Å². The van der Waals surface area contributed by atoms with Crippen molar-refractivity contribution in [2.24, 2.45) is 5.73 Å². The lowest BCUT2D eigenvalue weighted by Gasteiger charge is -2.11. The Balaban J connectivity index is 2.58. The van der Waals surface area contributed by atoms with Crippen LogP contribution in [-0.2, 0) is 11.2 Å². The third kappa shape index (κ3) is 5.00. The van der Waals surface area contributed by atoms with E-state index in [0.29, 0.717) is 6.42 Å². The molecule has 1 amide bonds. The highest BCUT2D eigenvalue weighted by Gasteiger charge is 2.06. The van der Waals surface area contributed by atoms with Crippen LogP contribution in [0.25, 0.3) is 0 Å². The largest absolute Gasteiger partial charge is 0.328 e. The van der Waals surface area contributed by atoms with Gasteiger partial charge in [0.15, 0.2) is 0 Å². The number of aryl methyl sites for hydroxylation is 1. The summed E-state index contributed by atoms with van der Waals surface area (Å²) in [6.45, 7) is 4.05. The van der Waals surface area contributed by atoms with Gasteiger partial charge in [-0.2, -0.15) is 0 Å². The van der Waals surface area contributed by atoms with Gasteiger partial charge in [-0.3, -0.25) is 4.79 Å². The lowest BCUT2D eigenvalue weighted by atomic mass is 10.1. The monoisotopic (exact) mass is 234 g/mol. The van der Waals surface area contributed by atoms with Crippen molar-refractivity contribution >= 4 is 11.6 Å². The van der Waals surface area contributed by atoms with Crippen molar-refractivity contribution < 1.29 is 4.79 Å². The van der Waals surface area contributed by atoms with Gasteiger partial charge >= 0.3 is 0 Å². The van der Waals surface area contributed by atoms with Crippen LogP contribution in [0.15, 0.2) is 24.3 Å². The van der Waals surface area contributed by atoms with Crippen LogP contribution in [0.4, 0.5) is 5.69 Å². The maximum absolute atomic E-state index is 11.7. The molecule has 1 aromatic carbocycles. The fourth-order valence-corrected chi connectivity index (χ4v) is 1.70. The van der Waals surface area contributed by atoms with Gasteiger partial charge in [-0.15, -0.1) is 0 Å². The number of nitrogens with one attached hydrogen (secondary N) is 1. The van der Waals surface area contributed by atoms with Gasteiger partial charge in [0.05, 0.1) is 0 Å². The molecule has 0 bridgehead atoms. The molecule has 1 unspecified atom stereocenters. The van der Waals surface area contributed by atoms with Crippen LogP contribution in [0, 0.1) is 0 Å². The molecule has 3 N–H and O–H groups in total. The van der Waals surface area contributed by atoms with E-state index in [-0.39, 0.29) is 11.9 Å². The molecule has 0 aliphatic heterocycles. The lowest BCUT2D eigenvalue weighted by Crippen LogP contribution is -2.19. The van der Waals surface area contributed by atoms with E-state index in [4.69, 9.17) is 5.73 Å². The van der Waals surface area contributed by atoms with Crippen LogP contribution >= 0.6 is 0 Å². The first kappa shape index (κ1) is 13.7. The zero-order valence-electron chi connectivity index (χ0n) is 10.7. The first-order valence-electron chi connectivity index (χ1n) is 6.26. The molecule has 3 heteroatoms. The zero-order valence-corrected chi connectivity index (χ0v) is 10.7. The minimum absolute atomic E-state index is 0.0471. The predicted octanol–water partition coefficient (Wildman–Crippen LogP) is 2.71. The second kappa shape index (κ2) is 7.07. The summed E-state index contributed by atoms with van der Waals surface area (Å²) in [5.41, 5.74) is 7.76. The molecule has 0 fully saturated rings. The molecule has 1 aromatic rings. The highest BCUT2D eigenvalue weighted by Crippen LogP contribution is 2.17. The van der Waals surface area contributed by atoms with E-state index in [9.17, 15) is 4.79 Å². The van der Waals surface area contributed by atoms with Gasteiger partial charge in [0.25, 0.3) is 0 Å². The van der Waals surface area contributed by atoms with Crippen molar-refractivity contribution in [1.29, 1.82) is 0 Å². The summed E-state index contributed by atoms with van der Waals surface area (Å²) in [5, 5.41) is 2.96. The summed E-state index contributed by atoms with van der Waals surface area (Å²) < 4.78 is 0. The van der Waals surface area contributed by atoms with Crippen LogP contribution < -0.4 is 11.1 Å². The fourth-order valence-electron chi connectivity index (χ4n) is 1.70. The standard InChI is InChI=1S/C14H22N2O/c1-3-6-12-7-4-5-8-13(12)16-14(17)10-9-11(2)15/h4-5,7-8,11H,3,6,9-10,15H2,1-2H3,(H,16,17). The number of para-hydroxylation sites is 1. The summed E-state index contributed by atoms with van der Waals surface area (Å²) in [6.07, 6.45) is 3.27.